The molecule has 0 saturated carbocycles. The maximum Gasteiger partial charge on any atom is 0.346 e. The summed E-state index contributed by atoms with van der Waals surface area (Å²) in [4.78, 5) is 22.3. The third-order valence-electron chi connectivity index (χ3n) is 1.92. The van der Waals surface area contributed by atoms with Crippen LogP contribution in [0.3, 0.4) is 0 Å². The van der Waals surface area contributed by atoms with E-state index in [1.165, 1.54) is 6.92 Å². The van der Waals surface area contributed by atoms with Crippen molar-refractivity contribution in [3.05, 3.63) is 12.2 Å². The summed E-state index contributed by atoms with van der Waals surface area (Å²) in [6.45, 7) is 5.69. The molecule has 0 aromatic carbocycles. The SMILES string of the molecule is C=C(C)C(=O)OCC(=O)O[C@H]1COCCCO1. The molecule has 0 spiro atoms. The van der Waals surface area contributed by atoms with Crippen molar-refractivity contribution in [2.24, 2.45) is 0 Å². The fourth-order valence-corrected chi connectivity index (χ4v) is 1.10. The van der Waals surface area contributed by atoms with Gasteiger partial charge in [-0.3, -0.25) is 0 Å². The first-order valence-electron chi connectivity index (χ1n) is 5.31. The molecule has 0 radical (unpaired) electrons. The van der Waals surface area contributed by atoms with Crippen LogP contribution in [0, 0.1) is 0 Å². The lowest BCUT2D eigenvalue weighted by atomic mass is 10.4. The van der Waals surface area contributed by atoms with Crippen LogP contribution in [0.25, 0.3) is 0 Å². The lowest BCUT2D eigenvalue weighted by molar-refractivity contribution is -0.189. The highest BCUT2D eigenvalue weighted by atomic mass is 16.7. The van der Waals surface area contributed by atoms with E-state index in [2.05, 4.69) is 11.3 Å². The molecule has 0 amide bonds. The minimum Gasteiger partial charge on any atom is -0.450 e. The van der Waals surface area contributed by atoms with E-state index in [0.29, 0.717) is 13.2 Å². The Balaban J connectivity index is 2.23. The number of carbonyl (C=O) groups is 2. The zero-order valence-corrected chi connectivity index (χ0v) is 9.77. The number of esters is 2. The number of carbonyl (C=O) groups excluding carboxylic acids is 2. The first-order valence-corrected chi connectivity index (χ1v) is 5.31. The van der Waals surface area contributed by atoms with E-state index in [4.69, 9.17) is 14.2 Å². The summed E-state index contributed by atoms with van der Waals surface area (Å²) in [6.07, 6.45) is 0.0344. The van der Waals surface area contributed by atoms with Crippen LogP contribution in [0.2, 0.25) is 0 Å². The zero-order chi connectivity index (χ0) is 12.7. The molecular weight excluding hydrogens is 228 g/mol. The standard InChI is InChI=1S/C11H16O6/c1-8(2)11(13)16-6-9(12)17-10-7-14-4-3-5-15-10/h10H,1,3-7H2,2H3/t10-/m0/s1. The Morgan fingerprint density at radius 3 is 2.88 bits per heavy atom. The fraction of sp³-hybridized carbons (Fsp3) is 0.636. The average molecular weight is 244 g/mol. The summed E-state index contributed by atoms with van der Waals surface area (Å²) in [7, 11) is 0. The van der Waals surface area contributed by atoms with E-state index in [-0.39, 0.29) is 12.2 Å². The minimum absolute atomic E-state index is 0.195. The molecule has 1 atom stereocenters. The number of rotatable bonds is 4. The second kappa shape index (κ2) is 7.03. The molecule has 6 nitrogen and oxygen atoms in total. The lowest BCUT2D eigenvalue weighted by Gasteiger charge is -2.15. The van der Waals surface area contributed by atoms with Crippen molar-refractivity contribution in [3.63, 3.8) is 0 Å². The molecule has 1 saturated heterocycles. The normalized spacial score (nSPS) is 20.2. The molecule has 1 aliphatic heterocycles. The highest BCUT2D eigenvalue weighted by Crippen LogP contribution is 2.04. The van der Waals surface area contributed by atoms with Crippen molar-refractivity contribution in [1.82, 2.24) is 0 Å². The van der Waals surface area contributed by atoms with Crippen molar-refractivity contribution < 1.29 is 28.5 Å². The Kier molecular flexibility index (Phi) is 5.65. The van der Waals surface area contributed by atoms with Crippen molar-refractivity contribution in [1.29, 1.82) is 0 Å². The van der Waals surface area contributed by atoms with Crippen molar-refractivity contribution in [2.45, 2.75) is 19.6 Å². The molecule has 17 heavy (non-hydrogen) atoms. The predicted molar refractivity (Wildman–Crippen MR) is 57.0 cm³/mol. The average Bonchev–Trinajstić information content (AvgIpc) is 2.54. The monoisotopic (exact) mass is 244 g/mol. The molecule has 1 aliphatic rings. The zero-order valence-electron chi connectivity index (χ0n) is 9.77. The Bertz CT molecular complexity index is 290. The lowest BCUT2D eigenvalue weighted by Crippen LogP contribution is -2.27. The van der Waals surface area contributed by atoms with Crippen molar-refractivity contribution in [3.8, 4) is 0 Å². The maximum atomic E-state index is 11.3. The largest absolute Gasteiger partial charge is 0.450 e. The van der Waals surface area contributed by atoms with E-state index in [9.17, 15) is 9.59 Å². The first-order chi connectivity index (χ1) is 8.09. The summed E-state index contributed by atoms with van der Waals surface area (Å²) in [6, 6.07) is 0. The molecule has 1 rings (SSSR count). The molecule has 1 fully saturated rings. The molecule has 0 aromatic rings. The van der Waals surface area contributed by atoms with Crippen LogP contribution in [-0.2, 0) is 28.5 Å². The highest BCUT2D eigenvalue weighted by molar-refractivity contribution is 5.88. The molecule has 0 bridgehead atoms. The molecule has 1 heterocycles. The summed E-state index contributed by atoms with van der Waals surface area (Å²) < 4.78 is 19.9. The van der Waals surface area contributed by atoms with Gasteiger partial charge in [0.25, 0.3) is 0 Å². The van der Waals surface area contributed by atoms with Gasteiger partial charge < -0.3 is 18.9 Å². The number of ether oxygens (including phenoxy) is 4. The van der Waals surface area contributed by atoms with Gasteiger partial charge in [-0.05, 0) is 13.3 Å². The van der Waals surface area contributed by atoms with Crippen LogP contribution in [0.1, 0.15) is 13.3 Å². The summed E-state index contributed by atoms with van der Waals surface area (Å²) >= 11 is 0. The highest BCUT2D eigenvalue weighted by Gasteiger charge is 2.18. The molecular formula is C11H16O6. The summed E-state index contributed by atoms with van der Waals surface area (Å²) in [5.74, 6) is -1.30. The van der Waals surface area contributed by atoms with Crippen LogP contribution in [0.4, 0.5) is 0 Å². The molecule has 0 aliphatic carbocycles. The number of hydrogen-bond donors (Lipinski definition) is 0. The van der Waals surface area contributed by atoms with E-state index in [1.807, 2.05) is 0 Å². The van der Waals surface area contributed by atoms with Gasteiger partial charge in [-0.1, -0.05) is 6.58 Å². The van der Waals surface area contributed by atoms with Gasteiger partial charge in [0, 0.05) is 12.2 Å². The third kappa shape index (κ3) is 5.46. The quantitative estimate of drug-likeness (QED) is 0.527. The van der Waals surface area contributed by atoms with Crippen molar-refractivity contribution in [2.75, 3.05) is 26.4 Å². The Hall–Kier alpha value is -1.40. The third-order valence-corrected chi connectivity index (χ3v) is 1.92. The second-order valence-electron chi connectivity index (χ2n) is 3.58. The van der Waals surface area contributed by atoms with E-state index < -0.39 is 24.8 Å². The van der Waals surface area contributed by atoms with E-state index >= 15 is 0 Å². The Morgan fingerprint density at radius 1 is 1.41 bits per heavy atom. The van der Waals surface area contributed by atoms with Crippen LogP contribution >= 0.6 is 0 Å². The summed E-state index contributed by atoms with van der Waals surface area (Å²) in [5.41, 5.74) is 0.229. The van der Waals surface area contributed by atoms with Gasteiger partial charge >= 0.3 is 11.9 Å². The van der Waals surface area contributed by atoms with Crippen LogP contribution < -0.4 is 0 Å². The fourth-order valence-electron chi connectivity index (χ4n) is 1.10. The van der Waals surface area contributed by atoms with Gasteiger partial charge in [-0.25, -0.2) is 9.59 Å². The smallest absolute Gasteiger partial charge is 0.346 e. The molecule has 0 unspecified atom stereocenters. The van der Waals surface area contributed by atoms with Gasteiger partial charge in [-0.2, -0.15) is 0 Å². The molecule has 96 valence electrons. The summed E-state index contributed by atoms with van der Waals surface area (Å²) in [5, 5.41) is 0. The topological polar surface area (TPSA) is 71.1 Å². The van der Waals surface area contributed by atoms with Gasteiger partial charge in [0.2, 0.25) is 6.29 Å². The van der Waals surface area contributed by atoms with Gasteiger partial charge in [0.05, 0.1) is 6.61 Å². The Morgan fingerprint density at radius 2 is 2.18 bits per heavy atom. The second-order valence-corrected chi connectivity index (χ2v) is 3.58. The molecule has 0 N–H and O–H groups in total. The van der Waals surface area contributed by atoms with Gasteiger partial charge in [0.1, 0.15) is 6.61 Å². The maximum absolute atomic E-state index is 11.3. The molecule has 6 heteroatoms. The van der Waals surface area contributed by atoms with Crippen molar-refractivity contribution >= 4 is 11.9 Å². The van der Waals surface area contributed by atoms with Crippen LogP contribution in [0.15, 0.2) is 12.2 Å². The van der Waals surface area contributed by atoms with Crippen LogP contribution in [-0.4, -0.2) is 44.7 Å². The number of hydrogen-bond acceptors (Lipinski definition) is 6. The predicted octanol–water partition coefficient (Wildman–Crippen LogP) is 0.412. The van der Waals surface area contributed by atoms with Crippen LogP contribution in [0.5, 0.6) is 0 Å². The van der Waals surface area contributed by atoms with Gasteiger partial charge in [0.15, 0.2) is 6.61 Å². The molecule has 0 aromatic heterocycles. The van der Waals surface area contributed by atoms with E-state index in [1.54, 1.807) is 0 Å². The van der Waals surface area contributed by atoms with Gasteiger partial charge in [-0.15, -0.1) is 0 Å². The Labute approximate surface area is 99.5 Å². The van der Waals surface area contributed by atoms with E-state index in [0.717, 1.165) is 6.42 Å². The first kappa shape index (κ1) is 13.7. The minimum atomic E-state index is -0.728.